The zero-order chi connectivity index (χ0) is 19.1. The average Bonchev–Trinajstić information content (AvgIpc) is 2.99. The van der Waals surface area contributed by atoms with E-state index >= 15 is 0 Å². The molecule has 0 unspecified atom stereocenters. The fourth-order valence-electron chi connectivity index (χ4n) is 2.64. The van der Waals surface area contributed by atoms with E-state index in [1.165, 1.54) is 18.4 Å². The van der Waals surface area contributed by atoms with Crippen LogP contribution >= 0.6 is 11.8 Å². The summed E-state index contributed by atoms with van der Waals surface area (Å²) < 4.78 is 5.77. The highest BCUT2D eigenvalue weighted by Gasteiger charge is 2.24. The number of carbonyl (C=O) groups is 2. The molecule has 1 aromatic carbocycles. The number of nitrogens with one attached hydrogen (secondary N) is 1. The van der Waals surface area contributed by atoms with Crippen LogP contribution in [0.5, 0.6) is 5.75 Å². The van der Waals surface area contributed by atoms with Crippen molar-refractivity contribution in [2.75, 3.05) is 6.61 Å². The van der Waals surface area contributed by atoms with Crippen LogP contribution in [0, 0.1) is 0 Å². The zero-order valence-corrected chi connectivity index (χ0v) is 16.1. The number of pyridine rings is 1. The molecule has 0 spiro atoms. The van der Waals surface area contributed by atoms with E-state index in [9.17, 15) is 9.59 Å². The number of aryl methyl sites for hydroxylation is 1. The second-order valence-corrected chi connectivity index (χ2v) is 7.30. The van der Waals surface area contributed by atoms with Crippen LogP contribution in [0.4, 0.5) is 4.79 Å². The van der Waals surface area contributed by atoms with Crippen molar-refractivity contribution in [3.8, 4) is 5.75 Å². The van der Waals surface area contributed by atoms with Crippen LogP contribution < -0.4 is 10.1 Å². The fourth-order valence-corrected chi connectivity index (χ4v) is 3.32. The summed E-state index contributed by atoms with van der Waals surface area (Å²) >= 11 is 0.913. The minimum atomic E-state index is -0.349. The number of amides is 2. The molecule has 1 aromatic heterocycles. The summed E-state index contributed by atoms with van der Waals surface area (Å²) in [6.45, 7) is 2.74. The summed E-state index contributed by atoms with van der Waals surface area (Å²) in [7, 11) is 0. The number of carbonyl (C=O) groups excluding carboxylic acids is 2. The largest absolute Gasteiger partial charge is 0.493 e. The Hall–Kier alpha value is -2.60. The Bertz CT molecular complexity index is 830. The highest BCUT2D eigenvalue weighted by Crippen LogP contribution is 2.26. The molecule has 3 rings (SSSR count). The van der Waals surface area contributed by atoms with E-state index in [4.69, 9.17) is 4.74 Å². The highest BCUT2D eigenvalue weighted by molar-refractivity contribution is 8.18. The average molecular weight is 382 g/mol. The first-order valence-electron chi connectivity index (χ1n) is 9.05. The van der Waals surface area contributed by atoms with Gasteiger partial charge in [0.1, 0.15) is 5.75 Å². The number of rotatable bonds is 8. The highest BCUT2D eigenvalue weighted by atomic mass is 32.2. The molecule has 140 valence electrons. The molecule has 0 bridgehead atoms. The Morgan fingerprint density at radius 1 is 1.11 bits per heavy atom. The standard InChI is InChI=1S/C21H22N2O3S/c1-2-3-4-16-5-8-17(22-14-16)11-12-26-18-9-6-15(7-10-18)13-19-20(24)23-21(25)27-19/h5-10,13-14H,2-4,11-12H2,1H3,(H,23,24,25). The van der Waals surface area contributed by atoms with E-state index < -0.39 is 0 Å². The lowest BCUT2D eigenvalue weighted by Crippen LogP contribution is -2.17. The number of aromatic nitrogens is 1. The van der Waals surface area contributed by atoms with E-state index in [0.717, 1.165) is 41.6 Å². The van der Waals surface area contributed by atoms with Crippen LogP contribution in [0.15, 0.2) is 47.5 Å². The van der Waals surface area contributed by atoms with E-state index in [1.54, 1.807) is 6.08 Å². The first-order chi connectivity index (χ1) is 13.1. The fraction of sp³-hybridized carbons (Fsp3) is 0.286. The molecule has 1 fully saturated rings. The molecule has 5 nitrogen and oxygen atoms in total. The normalized spacial score (nSPS) is 15.2. The zero-order valence-electron chi connectivity index (χ0n) is 15.2. The third-order valence-electron chi connectivity index (χ3n) is 4.15. The van der Waals surface area contributed by atoms with Gasteiger partial charge >= 0.3 is 0 Å². The predicted octanol–water partition coefficient (Wildman–Crippen LogP) is 4.37. The van der Waals surface area contributed by atoms with Crippen molar-refractivity contribution in [1.29, 1.82) is 0 Å². The second-order valence-electron chi connectivity index (χ2n) is 6.28. The van der Waals surface area contributed by atoms with E-state index in [-0.39, 0.29) is 11.1 Å². The van der Waals surface area contributed by atoms with E-state index in [1.807, 2.05) is 30.5 Å². The number of thioether (sulfide) groups is 1. The Balaban J connectivity index is 1.48. The van der Waals surface area contributed by atoms with Gasteiger partial charge in [-0.05, 0) is 60.0 Å². The first kappa shape index (κ1) is 19.2. The lowest BCUT2D eigenvalue weighted by atomic mass is 10.1. The maximum atomic E-state index is 11.6. The quantitative estimate of drug-likeness (QED) is 0.687. The Morgan fingerprint density at radius 2 is 1.93 bits per heavy atom. The molecule has 0 atom stereocenters. The minimum Gasteiger partial charge on any atom is -0.493 e. The molecule has 2 heterocycles. The summed E-state index contributed by atoms with van der Waals surface area (Å²) in [5, 5.41) is 1.91. The maximum Gasteiger partial charge on any atom is 0.290 e. The molecule has 6 heteroatoms. The lowest BCUT2D eigenvalue weighted by Gasteiger charge is -2.07. The van der Waals surface area contributed by atoms with Gasteiger partial charge in [-0.3, -0.25) is 19.9 Å². The van der Waals surface area contributed by atoms with Gasteiger partial charge in [0.25, 0.3) is 11.1 Å². The van der Waals surface area contributed by atoms with Crippen molar-refractivity contribution in [2.45, 2.75) is 32.6 Å². The molecule has 1 aliphatic rings. The summed E-state index contributed by atoms with van der Waals surface area (Å²) in [6, 6.07) is 11.6. The van der Waals surface area contributed by atoms with Crippen LogP contribution in [0.1, 0.15) is 36.6 Å². The van der Waals surface area contributed by atoms with Crippen LogP contribution in [0.2, 0.25) is 0 Å². The summed E-state index contributed by atoms with van der Waals surface area (Å²) in [6.07, 6.45) is 7.86. The number of unbranched alkanes of at least 4 members (excludes halogenated alkanes) is 1. The molecule has 2 amide bonds. The molecule has 1 N–H and O–H groups in total. The number of hydrogen-bond acceptors (Lipinski definition) is 5. The Labute approximate surface area is 163 Å². The maximum absolute atomic E-state index is 11.6. The summed E-state index contributed by atoms with van der Waals surface area (Å²) in [5.41, 5.74) is 3.15. The van der Waals surface area contributed by atoms with Crippen molar-refractivity contribution in [3.63, 3.8) is 0 Å². The summed E-state index contributed by atoms with van der Waals surface area (Å²) in [5.74, 6) is 0.412. The van der Waals surface area contributed by atoms with Gasteiger partial charge in [-0.2, -0.15) is 0 Å². The van der Waals surface area contributed by atoms with Gasteiger partial charge < -0.3 is 4.74 Å². The monoisotopic (exact) mass is 382 g/mol. The number of hydrogen-bond donors (Lipinski definition) is 1. The van der Waals surface area contributed by atoms with Gasteiger partial charge in [-0.1, -0.05) is 31.5 Å². The van der Waals surface area contributed by atoms with Gasteiger partial charge in [0.05, 0.1) is 11.5 Å². The van der Waals surface area contributed by atoms with Crippen molar-refractivity contribution >= 4 is 29.0 Å². The van der Waals surface area contributed by atoms with Crippen molar-refractivity contribution in [2.24, 2.45) is 0 Å². The van der Waals surface area contributed by atoms with Crippen molar-refractivity contribution in [1.82, 2.24) is 10.3 Å². The van der Waals surface area contributed by atoms with Crippen molar-refractivity contribution < 1.29 is 14.3 Å². The van der Waals surface area contributed by atoms with Gasteiger partial charge in [-0.25, -0.2) is 0 Å². The third kappa shape index (κ3) is 5.69. The van der Waals surface area contributed by atoms with Crippen LogP contribution in [-0.4, -0.2) is 22.7 Å². The first-order valence-corrected chi connectivity index (χ1v) is 9.87. The minimum absolute atomic E-state index is 0.335. The van der Waals surface area contributed by atoms with Gasteiger partial charge in [0.2, 0.25) is 0 Å². The van der Waals surface area contributed by atoms with Crippen LogP contribution in [0.3, 0.4) is 0 Å². The van der Waals surface area contributed by atoms with E-state index in [0.29, 0.717) is 11.5 Å². The number of imide groups is 1. The van der Waals surface area contributed by atoms with Gasteiger partial charge in [-0.15, -0.1) is 0 Å². The Morgan fingerprint density at radius 3 is 2.56 bits per heavy atom. The molecule has 27 heavy (non-hydrogen) atoms. The number of benzene rings is 1. The molecule has 2 aromatic rings. The molecule has 0 saturated carbocycles. The lowest BCUT2D eigenvalue weighted by molar-refractivity contribution is -0.115. The molecule has 1 aliphatic heterocycles. The second kappa shape index (κ2) is 9.37. The smallest absolute Gasteiger partial charge is 0.290 e. The molecule has 0 radical (unpaired) electrons. The topological polar surface area (TPSA) is 68.3 Å². The summed E-state index contributed by atoms with van der Waals surface area (Å²) in [4.78, 5) is 27.6. The van der Waals surface area contributed by atoms with Crippen molar-refractivity contribution in [3.05, 3.63) is 64.3 Å². The molecule has 0 aliphatic carbocycles. The Kier molecular flexibility index (Phi) is 6.65. The predicted molar refractivity (Wildman–Crippen MR) is 108 cm³/mol. The molecular weight excluding hydrogens is 360 g/mol. The SMILES string of the molecule is CCCCc1ccc(CCOc2ccc(C=C3SC(=O)NC3=O)cc2)nc1. The van der Waals surface area contributed by atoms with Gasteiger partial charge in [0, 0.05) is 18.3 Å². The van der Waals surface area contributed by atoms with Crippen LogP contribution in [-0.2, 0) is 17.6 Å². The molecular formula is C21H22N2O3S. The van der Waals surface area contributed by atoms with E-state index in [2.05, 4.69) is 29.4 Å². The van der Waals surface area contributed by atoms with Crippen LogP contribution in [0.25, 0.3) is 6.08 Å². The number of ether oxygens (including phenoxy) is 1. The molecule has 1 saturated heterocycles. The third-order valence-corrected chi connectivity index (χ3v) is 4.96. The van der Waals surface area contributed by atoms with Gasteiger partial charge in [0.15, 0.2) is 0 Å². The number of nitrogens with zero attached hydrogens (tertiary/aromatic N) is 1.